The van der Waals surface area contributed by atoms with Gasteiger partial charge in [0.2, 0.25) is 10.0 Å². The third-order valence-electron chi connectivity index (χ3n) is 5.66. The minimum Gasteiger partial charge on any atom is -0.495 e. The van der Waals surface area contributed by atoms with Gasteiger partial charge in [-0.15, -0.1) is 0 Å². The second kappa shape index (κ2) is 8.64. The molecule has 1 fully saturated rings. The molecule has 0 spiro atoms. The topological polar surface area (TPSA) is 49.9 Å². The van der Waals surface area contributed by atoms with Gasteiger partial charge in [-0.05, 0) is 56.0 Å². The summed E-state index contributed by atoms with van der Waals surface area (Å²) in [5.74, 6) is 0.419. The van der Waals surface area contributed by atoms with E-state index in [1.807, 2.05) is 26.0 Å². The Morgan fingerprint density at radius 3 is 2.39 bits per heavy atom. The van der Waals surface area contributed by atoms with Crippen molar-refractivity contribution in [2.24, 2.45) is 0 Å². The number of aryl methyl sites for hydroxylation is 2. The molecule has 1 atom stereocenters. The van der Waals surface area contributed by atoms with Crippen LogP contribution in [0.25, 0.3) is 0 Å². The van der Waals surface area contributed by atoms with Crippen LogP contribution in [0.2, 0.25) is 0 Å². The Kier molecular flexibility index (Phi) is 6.43. The monoisotopic (exact) mass is 402 g/mol. The van der Waals surface area contributed by atoms with Gasteiger partial charge in [-0.2, -0.15) is 4.31 Å². The molecule has 152 valence electrons. The third-order valence-corrected chi connectivity index (χ3v) is 7.54. The Morgan fingerprint density at radius 2 is 1.75 bits per heavy atom. The van der Waals surface area contributed by atoms with Crippen molar-refractivity contribution in [2.75, 3.05) is 33.3 Å². The lowest BCUT2D eigenvalue weighted by Gasteiger charge is -2.39. The number of nitrogens with zero attached hydrogens (tertiary/aromatic N) is 2. The second-order valence-electron chi connectivity index (χ2n) is 7.57. The maximum Gasteiger partial charge on any atom is 0.246 e. The van der Waals surface area contributed by atoms with Crippen LogP contribution in [0.3, 0.4) is 0 Å². The first kappa shape index (κ1) is 20.8. The summed E-state index contributed by atoms with van der Waals surface area (Å²) in [6.45, 7) is 8.65. The molecule has 2 aromatic carbocycles. The molecule has 3 rings (SSSR count). The van der Waals surface area contributed by atoms with E-state index in [0.29, 0.717) is 18.8 Å². The highest BCUT2D eigenvalue weighted by Crippen LogP contribution is 2.31. The molecule has 1 aliphatic heterocycles. The van der Waals surface area contributed by atoms with Crippen molar-refractivity contribution in [1.29, 1.82) is 0 Å². The molecule has 1 unspecified atom stereocenters. The van der Waals surface area contributed by atoms with Gasteiger partial charge in [0.25, 0.3) is 0 Å². The largest absolute Gasteiger partial charge is 0.495 e. The van der Waals surface area contributed by atoms with Crippen molar-refractivity contribution in [3.63, 3.8) is 0 Å². The quantitative estimate of drug-likeness (QED) is 0.744. The number of ether oxygens (including phenoxy) is 1. The van der Waals surface area contributed by atoms with Crippen LogP contribution in [-0.2, 0) is 16.4 Å². The van der Waals surface area contributed by atoms with Gasteiger partial charge < -0.3 is 4.74 Å². The lowest BCUT2D eigenvalue weighted by molar-refractivity contribution is 0.130. The number of methoxy groups -OCH3 is 1. The van der Waals surface area contributed by atoms with E-state index < -0.39 is 10.0 Å². The zero-order chi connectivity index (χ0) is 20.3. The van der Waals surface area contributed by atoms with Crippen molar-refractivity contribution in [3.8, 4) is 5.75 Å². The van der Waals surface area contributed by atoms with Crippen LogP contribution in [0.4, 0.5) is 0 Å². The zero-order valence-corrected chi connectivity index (χ0v) is 18.0. The van der Waals surface area contributed by atoms with Crippen molar-refractivity contribution in [2.45, 2.75) is 38.1 Å². The van der Waals surface area contributed by atoms with E-state index >= 15 is 0 Å². The number of piperazine rings is 1. The summed E-state index contributed by atoms with van der Waals surface area (Å²) in [6, 6.07) is 14.1. The predicted octanol–water partition coefficient (Wildman–Crippen LogP) is 3.25. The molecule has 2 aromatic rings. The van der Waals surface area contributed by atoms with Crippen LogP contribution in [0.15, 0.2) is 47.4 Å². The molecule has 1 heterocycles. The maximum absolute atomic E-state index is 13.3. The molecule has 5 nitrogen and oxygen atoms in total. The Bertz CT molecular complexity index is 913. The molecule has 0 N–H and O–H groups in total. The highest BCUT2D eigenvalue weighted by molar-refractivity contribution is 7.89. The van der Waals surface area contributed by atoms with E-state index in [0.717, 1.165) is 30.6 Å². The summed E-state index contributed by atoms with van der Waals surface area (Å²) in [6.07, 6.45) is 0.975. The fourth-order valence-electron chi connectivity index (χ4n) is 3.69. The van der Waals surface area contributed by atoms with Gasteiger partial charge in [0.05, 0.1) is 7.11 Å². The Morgan fingerprint density at radius 1 is 1.07 bits per heavy atom. The van der Waals surface area contributed by atoms with Crippen molar-refractivity contribution in [3.05, 3.63) is 59.2 Å². The van der Waals surface area contributed by atoms with Crippen molar-refractivity contribution >= 4 is 10.0 Å². The zero-order valence-electron chi connectivity index (χ0n) is 17.2. The molecule has 0 aromatic heterocycles. The van der Waals surface area contributed by atoms with E-state index in [9.17, 15) is 8.42 Å². The first-order valence-electron chi connectivity index (χ1n) is 9.76. The number of sulfonamides is 1. The number of benzene rings is 2. The lowest BCUT2D eigenvalue weighted by atomic mass is 10.1. The average Bonchev–Trinajstić information content (AvgIpc) is 2.69. The van der Waals surface area contributed by atoms with Gasteiger partial charge in [-0.25, -0.2) is 8.42 Å². The minimum atomic E-state index is -3.59. The lowest BCUT2D eigenvalue weighted by Crippen LogP contribution is -2.53. The van der Waals surface area contributed by atoms with Crippen LogP contribution < -0.4 is 4.74 Å². The summed E-state index contributed by atoms with van der Waals surface area (Å²) in [7, 11) is -2.06. The SMILES string of the molecule is COc1cc(C)c(C)cc1S(=O)(=O)N1CCN(CCc2ccccc2)C(C)C1. The van der Waals surface area contributed by atoms with E-state index in [1.165, 1.54) is 12.7 Å². The molecule has 28 heavy (non-hydrogen) atoms. The molecule has 0 bridgehead atoms. The number of hydrogen-bond donors (Lipinski definition) is 0. The highest BCUT2D eigenvalue weighted by atomic mass is 32.2. The van der Waals surface area contributed by atoms with E-state index in [2.05, 4.69) is 36.1 Å². The average molecular weight is 403 g/mol. The van der Waals surface area contributed by atoms with Gasteiger partial charge in [-0.1, -0.05) is 30.3 Å². The molecular weight excluding hydrogens is 372 g/mol. The Labute approximate surface area is 169 Å². The second-order valence-corrected chi connectivity index (χ2v) is 9.48. The van der Waals surface area contributed by atoms with E-state index in [1.54, 1.807) is 10.4 Å². The molecule has 1 saturated heterocycles. The first-order valence-corrected chi connectivity index (χ1v) is 11.2. The van der Waals surface area contributed by atoms with Crippen LogP contribution in [0.5, 0.6) is 5.75 Å². The van der Waals surface area contributed by atoms with Crippen LogP contribution in [0, 0.1) is 13.8 Å². The van der Waals surface area contributed by atoms with Crippen LogP contribution in [-0.4, -0.2) is 57.0 Å². The summed E-state index contributed by atoms with van der Waals surface area (Å²) in [4.78, 5) is 2.64. The summed E-state index contributed by atoms with van der Waals surface area (Å²) in [5.41, 5.74) is 3.29. The first-order chi connectivity index (χ1) is 13.3. The summed E-state index contributed by atoms with van der Waals surface area (Å²) in [5, 5.41) is 0. The minimum absolute atomic E-state index is 0.171. The van der Waals surface area contributed by atoms with Gasteiger partial charge in [0, 0.05) is 32.2 Å². The molecule has 0 amide bonds. The van der Waals surface area contributed by atoms with Gasteiger partial charge >= 0.3 is 0 Å². The molecule has 1 aliphatic rings. The smallest absolute Gasteiger partial charge is 0.246 e. The molecule has 0 radical (unpaired) electrons. The third kappa shape index (κ3) is 4.40. The molecule has 6 heteroatoms. The van der Waals surface area contributed by atoms with Crippen LogP contribution >= 0.6 is 0 Å². The highest BCUT2D eigenvalue weighted by Gasteiger charge is 2.34. The fraction of sp³-hybridized carbons (Fsp3) is 0.455. The van der Waals surface area contributed by atoms with Gasteiger partial charge in [-0.3, -0.25) is 4.90 Å². The summed E-state index contributed by atoms with van der Waals surface area (Å²) >= 11 is 0. The van der Waals surface area contributed by atoms with E-state index in [-0.39, 0.29) is 10.9 Å². The summed E-state index contributed by atoms with van der Waals surface area (Å²) < 4.78 is 33.6. The number of hydrogen-bond acceptors (Lipinski definition) is 4. The van der Waals surface area contributed by atoms with Gasteiger partial charge in [0.15, 0.2) is 0 Å². The van der Waals surface area contributed by atoms with E-state index in [4.69, 9.17) is 4.74 Å². The van der Waals surface area contributed by atoms with Gasteiger partial charge in [0.1, 0.15) is 10.6 Å². The normalized spacial score (nSPS) is 18.9. The molecule has 0 aliphatic carbocycles. The Hall–Kier alpha value is -1.89. The standard InChI is InChI=1S/C22H30N2O3S/c1-17-14-21(27-4)22(15-18(17)2)28(25,26)24-13-12-23(19(3)16-24)11-10-20-8-6-5-7-9-20/h5-9,14-15,19H,10-13,16H2,1-4H3. The molecular formula is C22H30N2O3S. The maximum atomic E-state index is 13.3. The number of rotatable bonds is 6. The predicted molar refractivity (Wildman–Crippen MR) is 112 cm³/mol. The van der Waals surface area contributed by atoms with Crippen molar-refractivity contribution in [1.82, 2.24) is 9.21 Å². The Balaban J connectivity index is 1.71. The van der Waals surface area contributed by atoms with Crippen LogP contribution in [0.1, 0.15) is 23.6 Å². The van der Waals surface area contributed by atoms with Crippen molar-refractivity contribution < 1.29 is 13.2 Å². The molecule has 0 saturated carbocycles. The fourth-order valence-corrected chi connectivity index (χ4v) is 5.43.